The van der Waals surface area contributed by atoms with Gasteiger partial charge in [0.2, 0.25) is 0 Å². The zero-order valence-electron chi connectivity index (χ0n) is 23.9. The molecule has 0 bridgehead atoms. The fourth-order valence-electron chi connectivity index (χ4n) is 4.22. The third kappa shape index (κ3) is 11.5. The molecule has 5 aromatic rings. The van der Waals surface area contributed by atoms with Gasteiger partial charge in [-0.3, -0.25) is 4.98 Å². The highest BCUT2D eigenvalue weighted by Gasteiger charge is 2.22. The average molecular weight is 599 g/mol. The molecule has 1 aliphatic heterocycles. The minimum atomic E-state index is -1.34. The van der Waals surface area contributed by atoms with E-state index in [1.165, 1.54) is 12.0 Å². The number of nitrogens with zero attached hydrogens (tertiary/aromatic N) is 2. The largest absolute Gasteiger partial charge is 0.488 e. The standard InChI is InChI=1S/C11H16N2.C11H10N2.C6H7BO2.C5H5ClN2.H2/c2*12-10-7-4-8-13-11(10)9-5-2-1-3-6-9;8-7(9)6-4-2-1-3-5-6;6-5-4(7)2-1-3-8-5;/h1-3,5-6,10-11,13H,4,7-8,12H2;1-8H,12H2;1-5,8-9H;1-3H,7H2;1H. The number of halogens is 1. The Morgan fingerprint density at radius 1 is 0.744 bits per heavy atom. The number of hydrogen-bond acceptors (Lipinski definition) is 8. The second kappa shape index (κ2) is 18.3. The molecule has 0 spiro atoms. The van der Waals surface area contributed by atoms with Crippen molar-refractivity contribution < 1.29 is 11.5 Å². The molecule has 0 amide bonds. The van der Waals surface area contributed by atoms with Crippen LogP contribution in [0.4, 0.5) is 11.4 Å². The molecule has 9 N–H and O–H groups in total. The summed E-state index contributed by atoms with van der Waals surface area (Å²) < 4.78 is 0. The van der Waals surface area contributed by atoms with Crippen molar-refractivity contribution in [3.8, 4) is 11.3 Å². The molecular formula is C33H40BClN6O2. The first-order valence-electron chi connectivity index (χ1n) is 13.9. The van der Waals surface area contributed by atoms with Crippen molar-refractivity contribution in [3.05, 3.63) is 138 Å². The zero-order chi connectivity index (χ0) is 30.9. The van der Waals surface area contributed by atoms with Crippen molar-refractivity contribution in [2.75, 3.05) is 18.0 Å². The molecule has 2 unspecified atom stereocenters. The summed E-state index contributed by atoms with van der Waals surface area (Å²) in [5.41, 5.74) is 22.1. The summed E-state index contributed by atoms with van der Waals surface area (Å²) in [4.78, 5) is 7.94. The van der Waals surface area contributed by atoms with E-state index in [4.69, 9.17) is 38.8 Å². The van der Waals surface area contributed by atoms with E-state index in [0.29, 0.717) is 28.0 Å². The molecule has 3 heterocycles. The molecule has 0 radical (unpaired) electrons. The Hall–Kier alpha value is -4.25. The van der Waals surface area contributed by atoms with Gasteiger partial charge in [-0.1, -0.05) is 103 Å². The van der Waals surface area contributed by atoms with Gasteiger partial charge in [-0.2, -0.15) is 0 Å². The Balaban J connectivity index is 0.000000207. The molecule has 43 heavy (non-hydrogen) atoms. The lowest BCUT2D eigenvalue weighted by Crippen LogP contribution is -2.42. The number of hydrogen-bond donors (Lipinski definition) is 6. The summed E-state index contributed by atoms with van der Waals surface area (Å²) in [5.74, 6) is 0. The first-order chi connectivity index (χ1) is 20.9. The van der Waals surface area contributed by atoms with Crippen LogP contribution in [-0.2, 0) is 0 Å². The van der Waals surface area contributed by atoms with Gasteiger partial charge in [-0.25, -0.2) is 4.98 Å². The van der Waals surface area contributed by atoms with E-state index >= 15 is 0 Å². The van der Waals surface area contributed by atoms with Crippen LogP contribution >= 0.6 is 11.6 Å². The van der Waals surface area contributed by atoms with Crippen molar-refractivity contribution >= 4 is 35.6 Å². The van der Waals surface area contributed by atoms with Crippen molar-refractivity contribution in [1.29, 1.82) is 0 Å². The molecule has 0 aliphatic carbocycles. The third-order valence-electron chi connectivity index (χ3n) is 6.44. The maximum Gasteiger partial charge on any atom is 0.488 e. The number of nitrogens with one attached hydrogen (secondary N) is 1. The maximum atomic E-state index is 8.58. The van der Waals surface area contributed by atoms with Gasteiger partial charge < -0.3 is 32.6 Å². The van der Waals surface area contributed by atoms with Gasteiger partial charge >= 0.3 is 7.12 Å². The second-order valence-corrected chi connectivity index (χ2v) is 9.98. The molecule has 3 aromatic carbocycles. The van der Waals surface area contributed by atoms with Crippen LogP contribution in [0.5, 0.6) is 0 Å². The number of nitrogens with two attached hydrogens (primary N) is 3. The predicted octanol–water partition coefficient (Wildman–Crippen LogP) is 4.70. The molecule has 10 heteroatoms. The quantitative estimate of drug-likeness (QED) is 0.129. The number of rotatable bonds is 3. The summed E-state index contributed by atoms with van der Waals surface area (Å²) in [6, 6.07) is 36.8. The van der Waals surface area contributed by atoms with E-state index < -0.39 is 7.12 Å². The Bertz CT molecular complexity index is 1450. The smallest absolute Gasteiger partial charge is 0.423 e. The van der Waals surface area contributed by atoms with E-state index in [0.717, 1.165) is 24.2 Å². The van der Waals surface area contributed by atoms with Gasteiger partial charge in [-0.15, -0.1) is 0 Å². The summed E-state index contributed by atoms with van der Waals surface area (Å²) in [5, 5.41) is 21.0. The van der Waals surface area contributed by atoms with Crippen molar-refractivity contribution in [2.24, 2.45) is 5.73 Å². The van der Waals surface area contributed by atoms with Gasteiger partial charge in [0.05, 0.1) is 17.1 Å². The number of nitrogen functional groups attached to an aromatic ring is 2. The summed E-state index contributed by atoms with van der Waals surface area (Å²) in [6.45, 7) is 1.09. The third-order valence-corrected chi connectivity index (χ3v) is 6.75. The lowest BCUT2D eigenvalue weighted by atomic mass is 9.81. The van der Waals surface area contributed by atoms with Gasteiger partial charge in [-0.05, 0) is 54.7 Å². The number of benzene rings is 3. The predicted molar refractivity (Wildman–Crippen MR) is 181 cm³/mol. The van der Waals surface area contributed by atoms with Crippen LogP contribution in [0.3, 0.4) is 0 Å². The number of piperidine rings is 1. The first kappa shape index (κ1) is 33.3. The van der Waals surface area contributed by atoms with E-state index in [9.17, 15) is 0 Å². The lowest BCUT2D eigenvalue weighted by Gasteiger charge is -2.30. The topological polar surface area (TPSA) is 156 Å². The highest BCUT2D eigenvalue weighted by molar-refractivity contribution is 6.58. The molecule has 1 saturated heterocycles. The van der Waals surface area contributed by atoms with Crippen molar-refractivity contribution in [3.63, 3.8) is 0 Å². The number of aromatic nitrogens is 2. The van der Waals surface area contributed by atoms with Crippen LogP contribution in [-0.4, -0.2) is 39.7 Å². The fraction of sp³-hybridized carbons (Fsp3) is 0.152. The maximum absolute atomic E-state index is 8.58. The van der Waals surface area contributed by atoms with Gasteiger partial charge in [0.15, 0.2) is 5.15 Å². The second-order valence-electron chi connectivity index (χ2n) is 9.62. The number of pyridine rings is 2. The highest BCUT2D eigenvalue weighted by atomic mass is 35.5. The summed E-state index contributed by atoms with van der Waals surface area (Å²) >= 11 is 5.47. The summed E-state index contributed by atoms with van der Waals surface area (Å²) in [7, 11) is -1.34. The molecule has 1 aliphatic rings. The fourth-order valence-corrected chi connectivity index (χ4v) is 4.34. The van der Waals surface area contributed by atoms with Crippen LogP contribution in [0.1, 0.15) is 25.9 Å². The Kier molecular flexibility index (Phi) is 14.2. The first-order valence-corrected chi connectivity index (χ1v) is 14.3. The normalized spacial score (nSPS) is 15.3. The Morgan fingerprint density at radius 3 is 1.79 bits per heavy atom. The highest BCUT2D eigenvalue weighted by Crippen LogP contribution is 2.22. The SMILES string of the molecule is NC1CCCNC1c1ccccc1.Nc1cccnc1-c1ccccc1.Nc1cccnc1Cl.OB(O)c1ccccc1.[HH]. The van der Waals surface area contributed by atoms with Crippen LogP contribution in [0, 0.1) is 0 Å². The van der Waals surface area contributed by atoms with Gasteiger partial charge in [0.1, 0.15) is 0 Å². The lowest BCUT2D eigenvalue weighted by molar-refractivity contribution is 0.358. The van der Waals surface area contributed by atoms with E-state index in [2.05, 4.69) is 39.6 Å². The Morgan fingerprint density at radius 2 is 1.30 bits per heavy atom. The number of anilines is 2. The van der Waals surface area contributed by atoms with Gasteiger partial charge in [0.25, 0.3) is 0 Å². The minimum Gasteiger partial charge on any atom is -0.423 e. The van der Waals surface area contributed by atoms with Crippen molar-refractivity contribution in [2.45, 2.75) is 24.9 Å². The van der Waals surface area contributed by atoms with Crippen LogP contribution < -0.4 is 28.0 Å². The summed E-state index contributed by atoms with van der Waals surface area (Å²) in [6.07, 6.45) is 5.68. The monoisotopic (exact) mass is 598 g/mol. The zero-order valence-corrected chi connectivity index (χ0v) is 24.6. The van der Waals surface area contributed by atoms with Crippen LogP contribution in [0.25, 0.3) is 11.3 Å². The van der Waals surface area contributed by atoms with Crippen LogP contribution in [0.15, 0.2) is 128 Å². The molecule has 2 atom stereocenters. The average Bonchev–Trinajstić information content (AvgIpc) is 3.05. The molecule has 1 fully saturated rings. The van der Waals surface area contributed by atoms with E-state index in [1.54, 1.807) is 48.8 Å². The molecule has 2 aromatic heterocycles. The minimum absolute atomic E-state index is 0. The molecule has 8 nitrogen and oxygen atoms in total. The molecular weight excluding hydrogens is 559 g/mol. The molecule has 0 saturated carbocycles. The Labute approximate surface area is 260 Å². The van der Waals surface area contributed by atoms with E-state index in [-0.39, 0.29) is 7.47 Å². The van der Waals surface area contributed by atoms with Crippen molar-refractivity contribution in [1.82, 2.24) is 15.3 Å². The van der Waals surface area contributed by atoms with Crippen LogP contribution in [0.2, 0.25) is 5.15 Å². The van der Waals surface area contributed by atoms with E-state index in [1.807, 2.05) is 54.6 Å². The van der Waals surface area contributed by atoms with Gasteiger partial charge in [0, 0.05) is 31.5 Å². The molecule has 224 valence electrons. The molecule has 6 rings (SSSR count).